The highest BCUT2D eigenvalue weighted by atomic mass is 32.3. The third kappa shape index (κ3) is 7.97. The molecule has 0 saturated heterocycles. The molecule has 1 atom stereocenters. The summed E-state index contributed by atoms with van der Waals surface area (Å²) in [4.78, 5) is 0. The van der Waals surface area contributed by atoms with Gasteiger partial charge in [0, 0.05) is 6.61 Å². The molecule has 0 spiro atoms. The molecular formula is C8H19NO6S. The van der Waals surface area contributed by atoms with E-state index in [1.54, 1.807) is 0 Å². The second-order valence-corrected chi connectivity index (χ2v) is 4.13. The van der Waals surface area contributed by atoms with Crippen LogP contribution in [0.3, 0.4) is 0 Å². The fourth-order valence-electron chi connectivity index (χ4n) is 0.912. The van der Waals surface area contributed by atoms with Crippen molar-refractivity contribution in [3.8, 4) is 0 Å². The zero-order valence-electron chi connectivity index (χ0n) is 9.55. The van der Waals surface area contributed by atoms with Crippen molar-refractivity contribution in [2.75, 3.05) is 26.4 Å². The fourth-order valence-corrected chi connectivity index (χ4v) is 1.24. The van der Waals surface area contributed by atoms with Crippen LogP contribution in [0.25, 0.3) is 0 Å². The topological polar surface area (TPSA) is 97.1 Å². The minimum atomic E-state index is -4.07. The number of ether oxygens (including phenoxy) is 2. The highest BCUT2D eigenvalue weighted by Crippen LogP contribution is 2.00. The summed E-state index contributed by atoms with van der Waals surface area (Å²) >= 11 is 0. The van der Waals surface area contributed by atoms with Crippen molar-refractivity contribution in [2.24, 2.45) is 5.90 Å². The molecule has 1 unspecified atom stereocenters. The Morgan fingerprint density at radius 3 is 2.44 bits per heavy atom. The molecule has 0 aromatic carbocycles. The molecule has 0 amide bonds. The molecule has 0 fully saturated rings. The lowest BCUT2D eigenvalue weighted by Crippen LogP contribution is -2.23. The summed E-state index contributed by atoms with van der Waals surface area (Å²) in [7, 11) is -4.07. The maximum Gasteiger partial charge on any atom is 0.415 e. The lowest BCUT2D eigenvalue weighted by Gasteiger charge is -2.15. The van der Waals surface area contributed by atoms with Crippen molar-refractivity contribution in [1.82, 2.24) is 0 Å². The van der Waals surface area contributed by atoms with Gasteiger partial charge in [-0.3, -0.25) is 0 Å². The first-order valence-electron chi connectivity index (χ1n) is 5.02. The van der Waals surface area contributed by atoms with Crippen LogP contribution in [0, 0.1) is 0 Å². The molecule has 0 radical (unpaired) electrons. The maximum atomic E-state index is 10.6. The monoisotopic (exact) mass is 257 g/mol. The van der Waals surface area contributed by atoms with Crippen LogP contribution >= 0.6 is 0 Å². The largest absolute Gasteiger partial charge is 0.415 e. The van der Waals surface area contributed by atoms with E-state index in [0.717, 1.165) is 6.42 Å². The molecule has 8 heteroatoms. The Morgan fingerprint density at radius 2 is 1.94 bits per heavy atom. The third-order valence-corrected chi connectivity index (χ3v) is 2.44. The van der Waals surface area contributed by atoms with E-state index < -0.39 is 10.4 Å². The number of hydrogen-bond acceptors (Lipinski definition) is 7. The maximum absolute atomic E-state index is 10.6. The molecule has 98 valence electrons. The van der Waals surface area contributed by atoms with Gasteiger partial charge in [-0.1, -0.05) is 6.92 Å². The first kappa shape index (κ1) is 15.8. The van der Waals surface area contributed by atoms with Crippen LogP contribution < -0.4 is 5.90 Å². The van der Waals surface area contributed by atoms with E-state index in [4.69, 9.17) is 9.47 Å². The van der Waals surface area contributed by atoms with Gasteiger partial charge in [0.2, 0.25) is 0 Å². The summed E-state index contributed by atoms with van der Waals surface area (Å²) in [6.07, 6.45) is 0.713. The standard InChI is InChI=1S/C8H19NO6S/c1-3-8(7-12-4-2)13-5-6-14-16(10,11)15-9/h8H,3-7,9H2,1-2H3. The Balaban J connectivity index is 3.63. The van der Waals surface area contributed by atoms with Gasteiger partial charge < -0.3 is 9.47 Å². The van der Waals surface area contributed by atoms with Crippen molar-refractivity contribution < 1.29 is 26.4 Å². The van der Waals surface area contributed by atoms with Crippen LogP contribution in [0.4, 0.5) is 0 Å². The summed E-state index contributed by atoms with van der Waals surface area (Å²) in [5.74, 6) is 4.47. The zero-order valence-corrected chi connectivity index (χ0v) is 10.4. The SMILES string of the molecule is CCOCC(CC)OCCOS(=O)(=O)ON. The van der Waals surface area contributed by atoms with Crippen LogP contribution in [0.5, 0.6) is 0 Å². The second kappa shape index (κ2) is 8.85. The van der Waals surface area contributed by atoms with Crippen molar-refractivity contribution >= 4 is 10.4 Å². The van der Waals surface area contributed by atoms with Crippen LogP contribution in [0.1, 0.15) is 20.3 Å². The zero-order chi connectivity index (χ0) is 12.4. The summed E-state index contributed by atoms with van der Waals surface area (Å²) in [6.45, 7) is 4.93. The molecule has 0 aliphatic rings. The van der Waals surface area contributed by atoms with E-state index in [1.807, 2.05) is 13.8 Å². The van der Waals surface area contributed by atoms with Crippen molar-refractivity contribution in [3.05, 3.63) is 0 Å². The molecule has 7 nitrogen and oxygen atoms in total. The lowest BCUT2D eigenvalue weighted by atomic mass is 10.3. The second-order valence-electron chi connectivity index (χ2n) is 2.89. The summed E-state index contributed by atoms with van der Waals surface area (Å²) in [5, 5.41) is 0. The van der Waals surface area contributed by atoms with E-state index >= 15 is 0 Å². The lowest BCUT2D eigenvalue weighted by molar-refractivity contribution is -0.0246. The molecule has 0 aliphatic carbocycles. The first-order chi connectivity index (χ1) is 7.55. The summed E-state index contributed by atoms with van der Waals surface area (Å²) < 4.78 is 39.7. The van der Waals surface area contributed by atoms with Gasteiger partial charge in [-0.15, -0.1) is 0 Å². The molecule has 16 heavy (non-hydrogen) atoms. The minimum Gasteiger partial charge on any atom is -0.379 e. The highest BCUT2D eigenvalue weighted by molar-refractivity contribution is 7.81. The van der Waals surface area contributed by atoms with Crippen molar-refractivity contribution in [1.29, 1.82) is 0 Å². The van der Waals surface area contributed by atoms with E-state index in [2.05, 4.69) is 14.4 Å². The van der Waals surface area contributed by atoms with Gasteiger partial charge in [-0.05, 0) is 13.3 Å². The summed E-state index contributed by atoms with van der Waals surface area (Å²) in [5.41, 5.74) is 0. The number of rotatable bonds is 10. The van der Waals surface area contributed by atoms with Crippen LogP contribution in [0.2, 0.25) is 0 Å². The van der Waals surface area contributed by atoms with Gasteiger partial charge in [-0.25, -0.2) is 4.18 Å². The quantitative estimate of drug-likeness (QED) is 0.433. The van der Waals surface area contributed by atoms with E-state index in [0.29, 0.717) is 13.2 Å². The Kier molecular flexibility index (Phi) is 8.71. The summed E-state index contributed by atoms with van der Waals surface area (Å²) in [6, 6.07) is 0. The Morgan fingerprint density at radius 1 is 1.25 bits per heavy atom. The average Bonchev–Trinajstić information content (AvgIpc) is 2.28. The van der Waals surface area contributed by atoms with Gasteiger partial charge >= 0.3 is 10.4 Å². The molecule has 0 heterocycles. The highest BCUT2D eigenvalue weighted by Gasteiger charge is 2.11. The van der Waals surface area contributed by atoms with Gasteiger partial charge in [0.15, 0.2) is 0 Å². The van der Waals surface area contributed by atoms with Gasteiger partial charge in [0.05, 0.1) is 25.9 Å². The van der Waals surface area contributed by atoms with Crippen molar-refractivity contribution in [3.63, 3.8) is 0 Å². The Hall–Kier alpha value is -0.250. The molecule has 0 aromatic rings. The van der Waals surface area contributed by atoms with E-state index in [9.17, 15) is 8.42 Å². The predicted molar refractivity (Wildman–Crippen MR) is 56.7 cm³/mol. The van der Waals surface area contributed by atoms with Gasteiger partial charge in [0.25, 0.3) is 0 Å². The van der Waals surface area contributed by atoms with Gasteiger partial charge in [0.1, 0.15) is 0 Å². The molecule has 0 aliphatic heterocycles. The first-order valence-corrected chi connectivity index (χ1v) is 6.36. The van der Waals surface area contributed by atoms with Crippen LogP contribution in [-0.4, -0.2) is 40.9 Å². The molecule has 0 saturated carbocycles. The average molecular weight is 257 g/mol. The normalized spacial score (nSPS) is 13.9. The van der Waals surface area contributed by atoms with Gasteiger partial charge in [-0.2, -0.15) is 18.6 Å². The number of hydrogen-bond donors (Lipinski definition) is 1. The van der Waals surface area contributed by atoms with Crippen molar-refractivity contribution in [2.45, 2.75) is 26.4 Å². The number of nitrogens with two attached hydrogens (primary N) is 1. The van der Waals surface area contributed by atoms with E-state index in [-0.39, 0.29) is 19.3 Å². The fraction of sp³-hybridized carbons (Fsp3) is 1.00. The molecule has 0 rings (SSSR count). The van der Waals surface area contributed by atoms with Crippen LogP contribution in [0.15, 0.2) is 0 Å². The Labute approximate surface area is 96.1 Å². The minimum absolute atomic E-state index is 0.0648. The predicted octanol–water partition coefficient (Wildman–Crippen LogP) is -0.0302. The van der Waals surface area contributed by atoms with Crippen LogP contribution in [-0.2, 0) is 28.3 Å². The Bertz CT molecular complexity index is 255. The molecular weight excluding hydrogens is 238 g/mol. The molecule has 0 aromatic heterocycles. The van der Waals surface area contributed by atoms with E-state index in [1.165, 1.54) is 0 Å². The molecule has 2 N–H and O–H groups in total. The molecule has 0 bridgehead atoms. The third-order valence-electron chi connectivity index (χ3n) is 1.75. The smallest absolute Gasteiger partial charge is 0.379 e.